The Kier molecular flexibility index (Phi) is 3.13. The van der Waals surface area contributed by atoms with Gasteiger partial charge in [-0.25, -0.2) is 8.42 Å². The molecular formula is C8H7ClO4S. The molecule has 4 nitrogen and oxygen atoms in total. The maximum atomic E-state index is 11.0. The van der Waals surface area contributed by atoms with Crippen molar-refractivity contribution in [1.29, 1.82) is 0 Å². The van der Waals surface area contributed by atoms with Crippen molar-refractivity contribution < 1.29 is 17.9 Å². The Labute approximate surface area is 85.9 Å². The molecule has 0 heterocycles. The summed E-state index contributed by atoms with van der Waals surface area (Å²) in [5.41, 5.74) is 0.198. The minimum Gasteiger partial charge on any atom is -0.497 e. The third-order valence-electron chi connectivity index (χ3n) is 1.56. The van der Waals surface area contributed by atoms with Crippen LogP contribution in [0.1, 0.15) is 10.4 Å². The highest BCUT2D eigenvalue weighted by Gasteiger charge is 2.12. The number of carbonyl (C=O) groups is 1. The smallest absolute Gasteiger partial charge is 0.261 e. The lowest BCUT2D eigenvalue weighted by atomic mass is 10.2. The van der Waals surface area contributed by atoms with E-state index in [2.05, 4.69) is 0 Å². The van der Waals surface area contributed by atoms with Crippen LogP contribution in [-0.4, -0.2) is 21.8 Å². The summed E-state index contributed by atoms with van der Waals surface area (Å²) in [7, 11) is 2.65. The van der Waals surface area contributed by atoms with Gasteiger partial charge in [0, 0.05) is 22.3 Å². The molecule has 0 aliphatic rings. The van der Waals surface area contributed by atoms with Gasteiger partial charge in [0.05, 0.1) is 12.0 Å². The van der Waals surface area contributed by atoms with E-state index in [1.165, 1.54) is 25.3 Å². The number of benzene rings is 1. The van der Waals surface area contributed by atoms with Crippen LogP contribution in [-0.2, 0) is 9.05 Å². The van der Waals surface area contributed by atoms with Crippen molar-refractivity contribution >= 4 is 26.0 Å². The van der Waals surface area contributed by atoms with E-state index in [9.17, 15) is 13.2 Å². The summed E-state index contributed by atoms with van der Waals surface area (Å²) < 4.78 is 26.7. The first-order valence-electron chi connectivity index (χ1n) is 3.56. The Bertz CT molecular complexity index is 452. The van der Waals surface area contributed by atoms with Gasteiger partial charge >= 0.3 is 0 Å². The van der Waals surface area contributed by atoms with Gasteiger partial charge in [-0.05, 0) is 12.1 Å². The van der Waals surface area contributed by atoms with Crippen molar-refractivity contribution in [1.82, 2.24) is 0 Å². The van der Waals surface area contributed by atoms with E-state index in [4.69, 9.17) is 15.4 Å². The van der Waals surface area contributed by atoms with Gasteiger partial charge in [-0.2, -0.15) is 0 Å². The topological polar surface area (TPSA) is 60.4 Å². The molecule has 1 rings (SSSR count). The van der Waals surface area contributed by atoms with E-state index >= 15 is 0 Å². The van der Waals surface area contributed by atoms with Gasteiger partial charge in [0.15, 0.2) is 0 Å². The minimum absolute atomic E-state index is 0.152. The molecule has 0 fully saturated rings. The predicted molar refractivity (Wildman–Crippen MR) is 51.4 cm³/mol. The highest BCUT2D eigenvalue weighted by Crippen LogP contribution is 2.22. The highest BCUT2D eigenvalue weighted by molar-refractivity contribution is 8.13. The number of halogens is 1. The molecule has 0 aliphatic carbocycles. The second kappa shape index (κ2) is 3.98. The molecule has 0 amide bonds. The average molecular weight is 235 g/mol. The summed E-state index contributed by atoms with van der Waals surface area (Å²) in [6.45, 7) is 0. The normalized spacial score (nSPS) is 11.0. The van der Waals surface area contributed by atoms with Crippen LogP contribution in [0.3, 0.4) is 0 Å². The summed E-state index contributed by atoms with van der Waals surface area (Å²) >= 11 is 0. The van der Waals surface area contributed by atoms with Crippen LogP contribution in [0.4, 0.5) is 0 Å². The van der Waals surface area contributed by atoms with Crippen molar-refractivity contribution in [3.8, 4) is 5.75 Å². The molecule has 0 bridgehead atoms. The lowest BCUT2D eigenvalue weighted by Gasteiger charge is -2.02. The van der Waals surface area contributed by atoms with Gasteiger partial charge in [-0.3, -0.25) is 4.79 Å². The fraction of sp³-hybridized carbons (Fsp3) is 0.125. The molecule has 76 valence electrons. The lowest BCUT2D eigenvalue weighted by molar-refractivity contribution is 0.112. The molecule has 1 aromatic carbocycles. The van der Waals surface area contributed by atoms with Gasteiger partial charge < -0.3 is 4.74 Å². The standard InChI is InChI=1S/C8H7ClO4S/c1-13-7-2-6(5-10)3-8(4-7)14(9,11)12/h2-5H,1H3. The molecule has 0 N–H and O–H groups in total. The quantitative estimate of drug-likeness (QED) is 0.587. The van der Waals surface area contributed by atoms with E-state index in [0.29, 0.717) is 6.29 Å². The molecule has 0 atom stereocenters. The summed E-state index contributed by atoms with van der Waals surface area (Å²) in [5, 5.41) is 0. The Morgan fingerprint density at radius 1 is 1.36 bits per heavy atom. The van der Waals surface area contributed by atoms with Crippen molar-refractivity contribution in [2.75, 3.05) is 7.11 Å². The van der Waals surface area contributed by atoms with E-state index < -0.39 is 9.05 Å². The van der Waals surface area contributed by atoms with Crippen molar-refractivity contribution in [2.24, 2.45) is 0 Å². The van der Waals surface area contributed by atoms with E-state index in [-0.39, 0.29) is 16.2 Å². The minimum atomic E-state index is -3.83. The van der Waals surface area contributed by atoms with E-state index in [1.54, 1.807) is 0 Å². The van der Waals surface area contributed by atoms with Crippen LogP contribution >= 0.6 is 10.7 Å². The van der Waals surface area contributed by atoms with Gasteiger partial charge in [-0.15, -0.1) is 0 Å². The zero-order valence-corrected chi connectivity index (χ0v) is 8.80. The third kappa shape index (κ3) is 2.46. The Morgan fingerprint density at radius 3 is 2.43 bits per heavy atom. The maximum absolute atomic E-state index is 11.0. The van der Waals surface area contributed by atoms with Crippen LogP contribution < -0.4 is 4.74 Å². The molecule has 0 saturated carbocycles. The monoisotopic (exact) mass is 234 g/mol. The van der Waals surface area contributed by atoms with Crippen molar-refractivity contribution in [3.63, 3.8) is 0 Å². The predicted octanol–water partition coefficient (Wildman–Crippen LogP) is 1.44. The van der Waals surface area contributed by atoms with Crippen molar-refractivity contribution in [2.45, 2.75) is 4.90 Å². The second-order valence-electron chi connectivity index (χ2n) is 2.50. The number of hydrogen-bond donors (Lipinski definition) is 0. The van der Waals surface area contributed by atoms with Crippen LogP contribution in [0.5, 0.6) is 5.75 Å². The summed E-state index contributed by atoms with van der Waals surface area (Å²) in [5.74, 6) is 0.272. The Morgan fingerprint density at radius 2 is 2.00 bits per heavy atom. The zero-order valence-electron chi connectivity index (χ0n) is 7.23. The maximum Gasteiger partial charge on any atom is 0.261 e. The molecular weight excluding hydrogens is 228 g/mol. The summed E-state index contributed by atoms with van der Waals surface area (Å²) in [4.78, 5) is 10.3. The summed E-state index contributed by atoms with van der Waals surface area (Å²) in [6.07, 6.45) is 0.522. The fourth-order valence-corrected chi connectivity index (χ4v) is 1.72. The fourth-order valence-electron chi connectivity index (χ4n) is 0.920. The molecule has 0 aromatic heterocycles. The molecule has 0 spiro atoms. The number of rotatable bonds is 3. The second-order valence-corrected chi connectivity index (χ2v) is 5.06. The van der Waals surface area contributed by atoms with Crippen molar-refractivity contribution in [3.05, 3.63) is 23.8 Å². The number of ether oxygens (including phenoxy) is 1. The molecule has 1 aromatic rings. The van der Waals surface area contributed by atoms with Crippen LogP contribution in [0, 0.1) is 0 Å². The molecule has 0 unspecified atom stereocenters. The van der Waals surface area contributed by atoms with Gasteiger partial charge in [0.2, 0.25) is 0 Å². The molecule has 6 heteroatoms. The van der Waals surface area contributed by atoms with Gasteiger partial charge in [0.25, 0.3) is 9.05 Å². The van der Waals surface area contributed by atoms with Crippen LogP contribution in [0.15, 0.2) is 23.1 Å². The average Bonchev–Trinajstić information content (AvgIpc) is 2.15. The van der Waals surface area contributed by atoms with Gasteiger partial charge in [0.1, 0.15) is 12.0 Å². The molecule has 0 saturated heterocycles. The zero-order chi connectivity index (χ0) is 10.8. The molecule has 0 aliphatic heterocycles. The molecule has 0 radical (unpaired) electrons. The highest BCUT2D eigenvalue weighted by atomic mass is 35.7. The van der Waals surface area contributed by atoms with E-state index in [0.717, 1.165) is 0 Å². The largest absolute Gasteiger partial charge is 0.497 e. The van der Waals surface area contributed by atoms with Gasteiger partial charge in [-0.1, -0.05) is 0 Å². The van der Waals surface area contributed by atoms with E-state index in [1.807, 2.05) is 0 Å². The Balaban J connectivity index is 3.39. The number of hydrogen-bond acceptors (Lipinski definition) is 4. The first kappa shape index (κ1) is 11.0. The first-order valence-corrected chi connectivity index (χ1v) is 5.87. The van der Waals surface area contributed by atoms with Crippen LogP contribution in [0.25, 0.3) is 0 Å². The number of methoxy groups -OCH3 is 1. The lowest BCUT2D eigenvalue weighted by Crippen LogP contribution is -1.94. The Hall–Kier alpha value is -1.07. The SMILES string of the molecule is COc1cc(C=O)cc(S(=O)(=O)Cl)c1. The summed E-state index contributed by atoms with van der Waals surface area (Å²) in [6, 6.07) is 3.84. The third-order valence-corrected chi connectivity index (χ3v) is 2.89. The van der Waals surface area contributed by atoms with Crippen LogP contribution in [0.2, 0.25) is 0 Å². The number of aldehydes is 1. The first-order chi connectivity index (χ1) is 6.47. The molecule has 14 heavy (non-hydrogen) atoms. The number of carbonyl (C=O) groups excluding carboxylic acids is 1.